The minimum Gasteiger partial charge on any atom is -0.493 e. The standard InChI is InChI=1S/C26H32F5N2O4P/c1-7-38(35,8-2)19-12-9-15(13-18(19)32-5)33-24(34)23-20(14(3)25(4,37-23)26(29,30)31)16-10-11-17(27)21(28)22(16)36-6/h9-14,20,23,32H,7-8H2,1-6H3,(H,33,34). The van der Waals surface area contributed by atoms with E-state index in [1.165, 1.54) is 13.0 Å². The molecule has 0 bridgehead atoms. The molecule has 0 aliphatic carbocycles. The van der Waals surface area contributed by atoms with Crippen LogP contribution in [-0.2, 0) is 14.1 Å². The van der Waals surface area contributed by atoms with Crippen LogP contribution in [0.3, 0.4) is 0 Å². The number of benzene rings is 2. The summed E-state index contributed by atoms with van der Waals surface area (Å²) >= 11 is 0. The molecule has 1 aliphatic rings. The van der Waals surface area contributed by atoms with E-state index in [-0.39, 0.29) is 11.3 Å². The number of methoxy groups -OCH3 is 1. The van der Waals surface area contributed by atoms with E-state index in [1.807, 2.05) is 13.8 Å². The number of nitrogens with one attached hydrogen (secondary N) is 2. The zero-order valence-electron chi connectivity index (χ0n) is 22.0. The van der Waals surface area contributed by atoms with Crippen molar-refractivity contribution >= 4 is 29.7 Å². The summed E-state index contributed by atoms with van der Waals surface area (Å²) in [5, 5.41) is 6.13. The van der Waals surface area contributed by atoms with Gasteiger partial charge in [0.25, 0.3) is 5.91 Å². The monoisotopic (exact) mass is 562 g/mol. The Balaban J connectivity index is 2.06. The van der Waals surface area contributed by atoms with Crippen LogP contribution in [-0.4, -0.2) is 50.3 Å². The lowest BCUT2D eigenvalue weighted by molar-refractivity contribution is -0.272. The summed E-state index contributed by atoms with van der Waals surface area (Å²) in [6, 6.07) is 6.55. The smallest absolute Gasteiger partial charge is 0.417 e. The van der Waals surface area contributed by atoms with E-state index >= 15 is 0 Å². The Morgan fingerprint density at radius 2 is 1.79 bits per heavy atom. The van der Waals surface area contributed by atoms with Gasteiger partial charge in [0.15, 0.2) is 17.2 Å². The van der Waals surface area contributed by atoms with Crippen molar-refractivity contribution in [3.8, 4) is 5.75 Å². The first-order valence-electron chi connectivity index (χ1n) is 12.2. The molecule has 4 unspecified atom stereocenters. The second-order valence-corrected chi connectivity index (χ2v) is 13.0. The number of carbonyl (C=O) groups is 1. The van der Waals surface area contributed by atoms with Crippen molar-refractivity contribution in [1.29, 1.82) is 0 Å². The molecule has 0 saturated carbocycles. The molecule has 1 saturated heterocycles. The van der Waals surface area contributed by atoms with Crippen LogP contribution in [0.25, 0.3) is 0 Å². The van der Waals surface area contributed by atoms with Crippen LogP contribution in [0.15, 0.2) is 30.3 Å². The predicted molar refractivity (Wildman–Crippen MR) is 137 cm³/mol. The summed E-state index contributed by atoms with van der Waals surface area (Å²) in [5.41, 5.74) is -2.14. The molecule has 0 radical (unpaired) electrons. The largest absolute Gasteiger partial charge is 0.493 e. The third-order valence-corrected chi connectivity index (χ3v) is 10.9. The molecule has 2 aromatic carbocycles. The lowest BCUT2D eigenvalue weighted by Gasteiger charge is -2.32. The molecule has 1 fully saturated rings. The first kappa shape index (κ1) is 29.9. The Hall–Kier alpha value is -2.65. The second kappa shape index (κ2) is 10.8. The summed E-state index contributed by atoms with van der Waals surface area (Å²) in [5.74, 6) is -6.81. The molecule has 4 atom stereocenters. The highest BCUT2D eigenvalue weighted by Crippen LogP contribution is 2.55. The molecule has 3 rings (SSSR count). The fourth-order valence-electron chi connectivity index (χ4n) is 4.99. The van der Waals surface area contributed by atoms with Crippen molar-refractivity contribution in [2.45, 2.75) is 51.5 Å². The van der Waals surface area contributed by atoms with Gasteiger partial charge in [-0.15, -0.1) is 0 Å². The predicted octanol–water partition coefficient (Wildman–Crippen LogP) is 6.12. The normalized spacial score (nSPS) is 23.8. The molecule has 2 N–H and O–H groups in total. The Kier molecular flexibility index (Phi) is 8.53. The third-order valence-electron chi connectivity index (χ3n) is 7.56. The molecule has 0 aromatic heterocycles. The van der Waals surface area contributed by atoms with Crippen LogP contribution >= 0.6 is 7.14 Å². The average Bonchev–Trinajstić information content (AvgIpc) is 3.16. The molecule has 12 heteroatoms. The van der Waals surface area contributed by atoms with Gasteiger partial charge in [0.1, 0.15) is 13.2 Å². The van der Waals surface area contributed by atoms with E-state index in [0.717, 1.165) is 26.2 Å². The number of amides is 1. The number of anilines is 2. The molecule has 38 heavy (non-hydrogen) atoms. The van der Waals surface area contributed by atoms with Crippen LogP contribution in [0.1, 0.15) is 39.2 Å². The molecule has 210 valence electrons. The lowest BCUT2D eigenvalue weighted by atomic mass is 9.77. The Morgan fingerprint density at radius 3 is 2.32 bits per heavy atom. The number of alkyl halides is 3. The van der Waals surface area contributed by atoms with Crippen LogP contribution < -0.4 is 20.7 Å². The highest BCUT2D eigenvalue weighted by atomic mass is 31.2. The molecule has 1 amide bonds. The summed E-state index contributed by atoms with van der Waals surface area (Å²) in [6.45, 7) is 5.71. The van der Waals surface area contributed by atoms with Crippen LogP contribution in [0.4, 0.5) is 33.3 Å². The third kappa shape index (κ3) is 5.02. The van der Waals surface area contributed by atoms with E-state index in [4.69, 9.17) is 9.47 Å². The van der Waals surface area contributed by atoms with Crippen LogP contribution in [0, 0.1) is 17.6 Å². The number of hydrogen-bond acceptors (Lipinski definition) is 5. The van der Waals surface area contributed by atoms with Gasteiger partial charge in [0.05, 0.1) is 7.11 Å². The van der Waals surface area contributed by atoms with E-state index in [2.05, 4.69) is 10.6 Å². The Bertz CT molecular complexity index is 1250. The van der Waals surface area contributed by atoms with Crippen molar-refractivity contribution in [1.82, 2.24) is 0 Å². The Morgan fingerprint density at radius 1 is 1.16 bits per heavy atom. The van der Waals surface area contributed by atoms with Crippen LogP contribution in [0.2, 0.25) is 0 Å². The maximum absolute atomic E-state index is 14.5. The first-order valence-corrected chi connectivity index (χ1v) is 14.2. The highest BCUT2D eigenvalue weighted by molar-refractivity contribution is 7.71. The van der Waals surface area contributed by atoms with Gasteiger partial charge in [-0.3, -0.25) is 4.79 Å². The van der Waals surface area contributed by atoms with Crippen molar-refractivity contribution < 1.29 is 40.8 Å². The number of carbonyl (C=O) groups excluding carboxylic acids is 1. The number of halogens is 5. The minimum atomic E-state index is -4.87. The van der Waals surface area contributed by atoms with Crippen molar-refractivity contribution in [2.75, 3.05) is 37.1 Å². The molecule has 1 heterocycles. The number of rotatable bonds is 8. The van der Waals surface area contributed by atoms with Gasteiger partial charge in [0.2, 0.25) is 5.82 Å². The van der Waals surface area contributed by atoms with E-state index < -0.39 is 60.2 Å². The lowest BCUT2D eigenvalue weighted by Crippen LogP contribution is -2.47. The maximum Gasteiger partial charge on any atom is 0.417 e. The van der Waals surface area contributed by atoms with Gasteiger partial charge in [-0.05, 0) is 31.2 Å². The summed E-state index contributed by atoms with van der Waals surface area (Å²) in [7, 11) is 0.00918. The van der Waals surface area contributed by atoms with Gasteiger partial charge in [-0.1, -0.05) is 26.8 Å². The van der Waals surface area contributed by atoms with Crippen molar-refractivity contribution in [3.05, 3.63) is 47.5 Å². The van der Waals surface area contributed by atoms with Gasteiger partial charge in [-0.2, -0.15) is 17.6 Å². The highest BCUT2D eigenvalue weighted by Gasteiger charge is 2.65. The second-order valence-electron chi connectivity index (χ2n) is 9.43. The van der Waals surface area contributed by atoms with Crippen molar-refractivity contribution in [2.24, 2.45) is 5.92 Å². The molecular formula is C26H32F5N2O4P. The summed E-state index contributed by atoms with van der Waals surface area (Å²) in [6.07, 6.45) is -5.71. The zero-order valence-corrected chi connectivity index (χ0v) is 22.9. The van der Waals surface area contributed by atoms with E-state index in [1.54, 1.807) is 19.2 Å². The topological polar surface area (TPSA) is 76.7 Å². The summed E-state index contributed by atoms with van der Waals surface area (Å²) < 4.78 is 94.5. The SMILES string of the molecule is CCP(=O)(CC)c1ccc(NC(=O)C2OC(C)(C(F)(F)F)C(C)C2c2ccc(F)c(F)c2OC)cc1NC. The zero-order chi connectivity index (χ0) is 28.6. The summed E-state index contributed by atoms with van der Waals surface area (Å²) in [4.78, 5) is 13.4. The van der Waals surface area contributed by atoms with Gasteiger partial charge >= 0.3 is 6.18 Å². The van der Waals surface area contributed by atoms with Crippen LogP contribution in [0.5, 0.6) is 5.75 Å². The quantitative estimate of drug-likeness (QED) is 0.300. The number of ether oxygens (including phenoxy) is 2. The molecule has 2 aromatic rings. The molecule has 6 nitrogen and oxygen atoms in total. The van der Waals surface area contributed by atoms with Gasteiger partial charge in [-0.25, -0.2) is 4.39 Å². The van der Waals surface area contributed by atoms with Gasteiger partial charge < -0.3 is 24.7 Å². The van der Waals surface area contributed by atoms with Crippen molar-refractivity contribution in [3.63, 3.8) is 0 Å². The molecule has 0 spiro atoms. The number of hydrogen-bond donors (Lipinski definition) is 2. The fraction of sp³-hybridized carbons (Fsp3) is 0.500. The molecule has 1 aliphatic heterocycles. The average molecular weight is 563 g/mol. The fourth-order valence-corrected chi connectivity index (χ4v) is 7.08. The molecular weight excluding hydrogens is 530 g/mol. The maximum atomic E-state index is 14.5. The minimum absolute atomic E-state index is 0.120. The Labute approximate surface area is 218 Å². The van der Waals surface area contributed by atoms with E-state index in [0.29, 0.717) is 23.3 Å². The first-order chi connectivity index (χ1) is 17.7. The van der Waals surface area contributed by atoms with Gasteiger partial charge in [0, 0.05) is 53.5 Å². The van der Waals surface area contributed by atoms with E-state index in [9.17, 15) is 31.3 Å².